The minimum atomic E-state index is 0.130. The van der Waals surface area contributed by atoms with Crippen molar-refractivity contribution in [3.8, 4) is 0 Å². The molecule has 1 saturated carbocycles. The summed E-state index contributed by atoms with van der Waals surface area (Å²) in [7, 11) is 1.86. The largest absolute Gasteiger partial charge is 0.355 e. The molecule has 3 nitrogen and oxygen atoms in total. The molecule has 1 amide bonds. The van der Waals surface area contributed by atoms with Crippen molar-refractivity contribution in [3.63, 3.8) is 0 Å². The Morgan fingerprint density at radius 2 is 2.22 bits per heavy atom. The van der Waals surface area contributed by atoms with Crippen LogP contribution in [0.25, 0.3) is 0 Å². The third-order valence-corrected chi connectivity index (χ3v) is 4.01. The standard InChI is InChI=1S/C14H19BrN2O/c1-16-8-5-13(18)17-10-14(6-7-14)11-3-2-4-12(15)9-11/h2-4,9,16H,5-8,10H2,1H3,(H,17,18). The molecule has 1 aliphatic rings. The number of rotatable bonds is 6. The highest BCUT2D eigenvalue weighted by Crippen LogP contribution is 2.48. The highest BCUT2D eigenvalue weighted by Gasteiger charge is 2.44. The van der Waals surface area contributed by atoms with E-state index in [9.17, 15) is 4.79 Å². The maximum absolute atomic E-state index is 11.6. The maximum atomic E-state index is 11.6. The zero-order valence-electron chi connectivity index (χ0n) is 10.6. The van der Waals surface area contributed by atoms with Crippen molar-refractivity contribution in [2.45, 2.75) is 24.7 Å². The molecule has 1 aromatic carbocycles. The molecule has 0 atom stereocenters. The van der Waals surface area contributed by atoms with Crippen molar-refractivity contribution in [2.24, 2.45) is 0 Å². The van der Waals surface area contributed by atoms with Crippen LogP contribution in [0.4, 0.5) is 0 Å². The second-order valence-corrected chi connectivity index (χ2v) is 5.84. The molecule has 0 radical (unpaired) electrons. The lowest BCUT2D eigenvalue weighted by molar-refractivity contribution is -0.121. The van der Waals surface area contributed by atoms with Crippen LogP contribution in [0, 0.1) is 0 Å². The van der Waals surface area contributed by atoms with E-state index in [2.05, 4.69) is 44.8 Å². The summed E-state index contributed by atoms with van der Waals surface area (Å²) in [6, 6.07) is 8.40. The molecule has 0 heterocycles. The van der Waals surface area contributed by atoms with Gasteiger partial charge in [0.2, 0.25) is 5.91 Å². The summed E-state index contributed by atoms with van der Waals surface area (Å²) in [5.41, 5.74) is 1.50. The molecular formula is C14H19BrN2O. The van der Waals surface area contributed by atoms with Crippen molar-refractivity contribution in [2.75, 3.05) is 20.1 Å². The Hall–Kier alpha value is -0.870. The molecule has 1 aromatic rings. The molecule has 0 aromatic heterocycles. The van der Waals surface area contributed by atoms with E-state index in [0.29, 0.717) is 6.42 Å². The lowest BCUT2D eigenvalue weighted by atomic mass is 9.96. The van der Waals surface area contributed by atoms with Gasteiger partial charge in [0.1, 0.15) is 0 Å². The highest BCUT2D eigenvalue weighted by molar-refractivity contribution is 9.10. The van der Waals surface area contributed by atoms with Gasteiger partial charge < -0.3 is 10.6 Å². The summed E-state index contributed by atoms with van der Waals surface area (Å²) in [6.45, 7) is 1.49. The fourth-order valence-corrected chi connectivity index (χ4v) is 2.53. The number of halogens is 1. The first-order chi connectivity index (χ1) is 8.66. The maximum Gasteiger partial charge on any atom is 0.221 e. The van der Waals surface area contributed by atoms with E-state index in [-0.39, 0.29) is 11.3 Å². The number of benzene rings is 1. The van der Waals surface area contributed by atoms with E-state index in [1.165, 1.54) is 5.56 Å². The third kappa shape index (κ3) is 3.33. The van der Waals surface area contributed by atoms with Gasteiger partial charge in [-0.05, 0) is 37.6 Å². The molecule has 0 bridgehead atoms. The topological polar surface area (TPSA) is 41.1 Å². The average molecular weight is 311 g/mol. The van der Waals surface area contributed by atoms with Crippen molar-refractivity contribution in [1.82, 2.24) is 10.6 Å². The first-order valence-electron chi connectivity index (χ1n) is 6.34. The van der Waals surface area contributed by atoms with Gasteiger partial charge in [0.15, 0.2) is 0 Å². The van der Waals surface area contributed by atoms with E-state index in [0.717, 1.165) is 30.4 Å². The average Bonchev–Trinajstić information content (AvgIpc) is 3.15. The first kappa shape index (κ1) is 13.6. The van der Waals surface area contributed by atoms with Crippen molar-refractivity contribution >= 4 is 21.8 Å². The van der Waals surface area contributed by atoms with Gasteiger partial charge in [-0.3, -0.25) is 4.79 Å². The van der Waals surface area contributed by atoms with Gasteiger partial charge in [-0.25, -0.2) is 0 Å². The highest BCUT2D eigenvalue weighted by atomic mass is 79.9. The van der Waals surface area contributed by atoms with Gasteiger partial charge in [-0.1, -0.05) is 28.1 Å². The summed E-state index contributed by atoms with van der Waals surface area (Å²) < 4.78 is 1.10. The fraction of sp³-hybridized carbons (Fsp3) is 0.500. The Morgan fingerprint density at radius 1 is 1.44 bits per heavy atom. The quantitative estimate of drug-likeness (QED) is 0.846. The van der Waals surface area contributed by atoms with Crippen LogP contribution >= 0.6 is 15.9 Å². The molecule has 0 unspecified atom stereocenters. The lowest BCUT2D eigenvalue weighted by Gasteiger charge is -2.17. The molecule has 98 valence electrons. The SMILES string of the molecule is CNCCC(=O)NCC1(c2cccc(Br)c2)CC1. The molecule has 0 spiro atoms. The minimum Gasteiger partial charge on any atom is -0.355 e. The van der Waals surface area contributed by atoms with Crippen LogP contribution in [0.5, 0.6) is 0 Å². The number of carbonyl (C=O) groups is 1. The summed E-state index contributed by atoms with van der Waals surface area (Å²) in [5, 5.41) is 6.03. The second-order valence-electron chi connectivity index (χ2n) is 4.92. The van der Waals surface area contributed by atoms with Gasteiger partial charge in [-0.2, -0.15) is 0 Å². The summed E-state index contributed by atoms with van der Waals surface area (Å²) in [4.78, 5) is 11.6. The summed E-state index contributed by atoms with van der Waals surface area (Å²) in [5.74, 6) is 0.130. The van der Waals surface area contributed by atoms with E-state index in [1.54, 1.807) is 0 Å². The van der Waals surface area contributed by atoms with Crippen LogP contribution in [0.2, 0.25) is 0 Å². The normalized spacial score (nSPS) is 16.3. The minimum absolute atomic E-state index is 0.130. The molecule has 4 heteroatoms. The fourth-order valence-electron chi connectivity index (χ4n) is 2.13. The molecule has 1 fully saturated rings. The van der Waals surface area contributed by atoms with Gasteiger partial charge in [0.05, 0.1) is 0 Å². The van der Waals surface area contributed by atoms with Gasteiger partial charge in [-0.15, -0.1) is 0 Å². The molecular weight excluding hydrogens is 292 g/mol. The van der Waals surface area contributed by atoms with Crippen molar-refractivity contribution < 1.29 is 4.79 Å². The Balaban J connectivity index is 1.91. The first-order valence-corrected chi connectivity index (χ1v) is 7.13. The number of carbonyl (C=O) groups excluding carboxylic acids is 1. The van der Waals surface area contributed by atoms with E-state index in [1.807, 2.05) is 13.1 Å². The Kier molecular flexibility index (Phi) is 4.40. The molecule has 0 saturated heterocycles. The van der Waals surface area contributed by atoms with Gasteiger partial charge in [0, 0.05) is 29.4 Å². The van der Waals surface area contributed by atoms with Crippen molar-refractivity contribution in [1.29, 1.82) is 0 Å². The van der Waals surface area contributed by atoms with E-state index < -0.39 is 0 Å². The number of amides is 1. The predicted molar refractivity (Wildman–Crippen MR) is 76.6 cm³/mol. The summed E-state index contributed by atoms with van der Waals surface area (Å²) >= 11 is 3.50. The zero-order valence-corrected chi connectivity index (χ0v) is 12.2. The van der Waals surface area contributed by atoms with Crippen LogP contribution in [0.15, 0.2) is 28.7 Å². The van der Waals surface area contributed by atoms with Crippen LogP contribution < -0.4 is 10.6 Å². The third-order valence-electron chi connectivity index (χ3n) is 3.52. The second kappa shape index (κ2) is 5.85. The predicted octanol–water partition coefficient (Wildman–Crippen LogP) is 2.21. The lowest BCUT2D eigenvalue weighted by Crippen LogP contribution is -2.33. The number of hydrogen-bond donors (Lipinski definition) is 2. The number of hydrogen-bond acceptors (Lipinski definition) is 2. The van der Waals surface area contributed by atoms with Gasteiger partial charge >= 0.3 is 0 Å². The zero-order chi connectivity index (χ0) is 13.0. The van der Waals surface area contributed by atoms with Crippen LogP contribution in [0.3, 0.4) is 0 Å². The molecule has 2 rings (SSSR count). The molecule has 2 N–H and O–H groups in total. The van der Waals surface area contributed by atoms with Crippen LogP contribution in [0.1, 0.15) is 24.8 Å². The Bertz CT molecular complexity index is 430. The van der Waals surface area contributed by atoms with Crippen LogP contribution in [-0.2, 0) is 10.2 Å². The Morgan fingerprint density at radius 3 is 2.83 bits per heavy atom. The smallest absolute Gasteiger partial charge is 0.221 e. The molecule has 18 heavy (non-hydrogen) atoms. The molecule has 0 aliphatic heterocycles. The number of nitrogens with one attached hydrogen (secondary N) is 2. The summed E-state index contributed by atoms with van der Waals surface area (Å²) in [6.07, 6.45) is 2.87. The molecule has 1 aliphatic carbocycles. The van der Waals surface area contributed by atoms with E-state index in [4.69, 9.17) is 0 Å². The monoisotopic (exact) mass is 310 g/mol. The Labute approximate surface area is 116 Å². The van der Waals surface area contributed by atoms with E-state index >= 15 is 0 Å². The van der Waals surface area contributed by atoms with Crippen molar-refractivity contribution in [3.05, 3.63) is 34.3 Å². The van der Waals surface area contributed by atoms with Gasteiger partial charge in [0.25, 0.3) is 0 Å². The van der Waals surface area contributed by atoms with Crippen LogP contribution in [-0.4, -0.2) is 26.0 Å².